The molecule has 0 saturated heterocycles. The van der Waals surface area contributed by atoms with Gasteiger partial charge in [0.25, 0.3) is 0 Å². The number of thioether (sulfide) groups is 1. The molecule has 13 heteroatoms. The molecule has 0 fully saturated rings. The average Bonchev–Trinajstić information content (AvgIpc) is 3.37. The molecule has 0 aliphatic carbocycles. The minimum Gasteiger partial charge on any atom is -0.480 e. The van der Waals surface area contributed by atoms with Crippen molar-refractivity contribution < 1.29 is 29.4 Å². The summed E-state index contributed by atoms with van der Waals surface area (Å²) in [5.74, 6) is -2.86. The molecule has 202 valence electrons. The monoisotopic (exact) mass is 534 g/mol. The highest BCUT2D eigenvalue weighted by Crippen LogP contribution is 2.07. The predicted molar refractivity (Wildman–Crippen MR) is 139 cm³/mol. The van der Waals surface area contributed by atoms with Gasteiger partial charge in [-0.3, -0.25) is 14.4 Å². The van der Waals surface area contributed by atoms with Crippen LogP contribution in [-0.2, 0) is 32.0 Å². The highest BCUT2D eigenvalue weighted by molar-refractivity contribution is 7.98. The molecule has 0 bridgehead atoms. The van der Waals surface area contributed by atoms with Crippen molar-refractivity contribution in [2.24, 2.45) is 5.73 Å². The number of imidazole rings is 1. The second kappa shape index (κ2) is 15.0. The quantitative estimate of drug-likeness (QED) is 0.153. The summed E-state index contributed by atoms with van der Waals surface area (Å²) in [6.07, 6.45) is 3.87. The first kappa shape index (κ1) is 29.8. The van der Waals surface area contributed by atoms with Gasteiger partial charge in [-0.25, -0.2) is 9.78 Å². The van der Waals surface area contributed by atoms with E-state index in [1.807, 2.05) is 6.26 Å². The number of benzene rings is 1. The van der Waals surface area contributed by atoms with E-state index in [1.54, 1.807) is 30.3 Å². The first-order chi connectivity index (χ1) is 17.6. The number of aromatic nitrogens is 2. The predicted octanol–water partition coefficient (Wildman–Crippen LogP) is -0.805. The Labute approximate surface area is 219 Å². The minimum absolute atomic E-state index is 0.0626. The molecule has 0 spiro atoms. The van der Waals surface area contributed by atoms with Gasteiger partial charge in [-0.05, 0) is 30.9 Å². The van der Waals surface area contributed by atoms with E-state index < -0.39 is 54.0 Å². The Morgan fingerprint density at radius 2 is 1.70 bits per heavy atom. The third-order valence-electron chi connectivity index (χ3n) is 5.53. The molecule has 2 rings (SSSR count). The van der Waals surface area contributed by atoms with Crippen LogP contribution in [0.25, 0.3) is 0 Å². The molecule has 1 aromatic carbocycles. The molecule has 12 nitrogen and oxygen atoms in total. The SMILES string of the molecule is CSCCC(NC(=O)C(Cc1ccccc1)NC(=O)C(NC(=O)C(N)Cc1cnc[nH]1)C(C)O)C(=O)O. The number of amides is 3. The van der Waals surface area contributed by atoms with E-state index in [4.69, 9.17) is 5.73 Å². The number of aromatic amines is 1. The first-order valence-corrected chi connectivity index (χ1v) is 13.1. The zero-order valence-electron chi connectivity index (χ0n) is 20.7. The lowest BCUT2D eigenvalue weighted by Gasteiger charge is -2.26. The number of nitrogens with one attached hydrogen (secondary N) is 4. The topological polar surface area (TPSA) is 200 Å². The maximum atomic E-state index is 13.1. The second-order valence-electron chi connectivity index (χ2n) is 8.55. The number of nitrogens with zero attached hydrogens (tertiary/aromatic N) is 1. The Morgan fingerprint density at radius 3 is 2.27 bits per heavy atom. The van der Waals surface area contributed by atoms with Crippen LogP contribution < -0.4 is 21.7 Å². The molecule has 0 aliphatic rings. The fraction of sp³-hybridized carbons (Fsp3) is 0.458. The largest absolute Gasteiger partial charge is 0.480 e. The maximum absolute atomic E-state index is 13.1. The second-order valence-corrected chi connectivity index (χ2v) is 9.53. The third kappa shape index (κ3) is 9.86. The number of aliphatic hydroxyl groups excluding tert-OH is 1. The van der Waals surface area contributed by atoms with Crippen LogP contribution in [0.15, 0.2) is 42.9 Å². The van der Waals surface area contributed by atoms with Gasteiger partial charge in [-0.15, -0.1) is 0 Å². The highest BCUT2D eigenvalue weighted by Gasteiger charge is 2.32. The molecule has 0 radical (unpaired) electrons. The number of aliphatic hydroxyl groups is 1. The Balaban J connectivity index is 2.15. The van der Waals surface area contributed by atoms with Crippen molar-refractivity contribution in [1.29, 1.82) is 0 Å². The number of carbonyl (C=O) groups is 4. The minimum atomic E-state index is -1.40. The smallest absolute Gasteiger partial charge is 0.326 e. The van der Waals surface area contributed by atoms with Crippen molar-refractivity contribution >= 4 is 35.5 Å². The number of rotatable bonds is 15. The van der Waals surface area contributed by atoms with Crippen molar-refractivity contribution in [3.8, 4) is 0 Å². The summed E-state index contributed by atoms with van der Waals surface area (Å²) in [4.78, 5) is 57.1. The van der Waals surface area contributed by atoms with Gasteiger partial charge >= 0.3 is 5.97 Å². The zero-order valence-corrected chi connectivity index (χ0v) is 21.5. The van der Waals surface area contributed by atoms with E-state index in [9.17, 15) is 29.4 Å². The third-order valence-corrected chi connectivity index (χ3v) is 6.18. The van der Waals surface area contributed by atoms with E-state index >= 15 is 0 Å². The van der Waals surface area contributed by atoms with Crippen LogP contribution in [0, 0.1) is 0 Å². The highest BCUT2D eigenvalue weighted by atomic mass is 32.2. The van der Waals surface area contributed by atoms with Crippen molar-refractivity contribution in [3.05, 3.63) is 54.1 Å². The number of hydrogen-bond acceptors (Lipinski definition) is 8. The van der Waals surface area contributed by atoms with Gasteiger partial charge in [0.1, 0.15) is 18.1 Å². The van der Waals surface area contributed by atoms with Crippen molar-refractivity contribution in [2.45, 2.75) is 56.5 Å². The number of carboxylic acid groups (broad SMARTS) is 1. The fourth-order valence-corrected chi connectivity index (χ4v) is 3.95. The lowest BCUT2D eigenvalue weighted by Crippen LogP contribution is -2.60. The number of nitrogens with two attached hydrogens (primary N) is 1. The summed E-state index contributed by atoms with van der Waals surface area (Å²) in [5.41, 5.74) is 7.28. The van der Waals surface area contributed by atoms with Crippen LogP contribution in [0.3, 0.4) is 0 Å². The summed E-state index contributed by atoms with van der Waals surface area (Å²) in [6, 6.07) is 4.13. The molecule has 0 aliphatic heterocycles. The van der Waals surface area contributed by atoms with E-state index in [2.05, 4.69) is 25.9 Å². The molecule has 5 atom stereocenters. The lowest BCUT2D eigenvalue weighted by atomic mass is 10.0. The summed E-state index contributed by atoms with van der Waals surface area (Å²) in [6.45, 7) is 1.32. The molecule has 2 aromatic rings. The normalized spacial score (nSPS) is 15.0. The fourth-order valence-electron chi connectivity index (χ4n) is 3.48. The van der Waals surface area contributed by atoms with Gasteiger partial charge in [-0.1, -0.05) is 30.3 Å². The van der Waals surface area contributed by atoms with Gasteiger partial charge in [0.05, 0.1) is 18.5 Å². The van der Waals surface area contributed by atoms with Crippen LogP contribution in [0.1, 0.15) is 24.6 Å². The molecule has 8 N–H and O–H groups in total. The van der Waals surface area contributed by atoms with Gasteiger partial charge < -0.3 is 36.9 Å². The maximum Gasteiger partial charge on any atom is 0.326 e. The molecule has 3 amide bonds. The van der Waals surface area contributed by atoms with Crippen LogP contribution in [-0.4, -0.2) is 86.2 Å². The van der Waals surface area contributed by atoms with Crippen LogP contribution in [0.5, 0.6) is 0 Å². The number of aliphatic carboxylic acids is 1. The molecule has 37 heavy (non-hydrogen) atoms. The van der Waals surface area contributed by atoms with E-state index in [1.165, 1.54) is 31.2 Å². The summed E-state index contributed by atoms with van der Waals surface area (Å²) in [7, 11) is 0. The van der Waals surface area contributed by atoms with Gasteiger partial charge in [0.2, 0.25) is 17.7 Å². The van der Waals surface area contributed by atoms with Crippen LogP contribution in [0.4, 0.5) is 0 Å². The molecule has 1 heterocycles. The Hall–Kier alpha value is -3.42. The molecule has 1 aromatic heterocycles. The summed E-state index contributed by atoms with van der Waals surface area (Å²) >= 11 is 1.44. The summed E-state index contributed by atoms with van der Waals surface area (Å²) in [5, 5.41) is 27.2. The van der Waals surface area contributed by atoms with E-state index in [0.717, 1.165) is 5.56 Å². The zero-order chi connectivity index (χ0) is 27.4. The van der Waals surface area contributed by atoms with E-state index in [-0.39, 0.29) is 19.3 Å². The van der Waals surface area contributed by atoms with Crippen molar-refractivity contribution in [3.63, 3.8) is 0 Å². The Kier molecular flexibility index (Phi) is 12.1. The lowest BCUT2D eigenvalue weighted by molar-refractivity contribution is -0.142. The Morgan fingerprint density at radius 1 is 1.03 bits per heavy atom. The van der Waals surface area contributed by atoms with Crippen molar-refractivity contribution in [2.75, 3.05) is 12.0 Å². The Bertz CT molecular complexity index is 1020. The van der Waals surface area contributed by atoms with Gasteiger partial charge in [0.15, 0.2) is 0 Å². The summed E-state index contributed by atoms with van der Waals surface area (Å²) < 4.78 is 0. The van der Waals surface area contributed by atoms with Crippen LogP contribution >= 0.6 is 11.8 Å². The standard InChI is InChI=1S/C24H34N6O6S/c1-14(31)20(30-21(32)17(25)11-16-12-26-13-27-16)23(34)29-19(10-15-6-4-3-5-7-15)22(33)28-18(24(35)36)8-9-37-2/h3-7,12-14,17-20,31H,8-11,25H2,1-2H3,(H,26,27)(H,28,33)(H,29,34)(H,30,32)(H,35,36). The van der Waals surface area contributed by atoms with Crippen LogP contribution in [0.2, 0.25) is 0 Å². The average molecular weight is 535 g/mol. The van der Waals surface area contributed by atoms with Crippen molar-refractivity contribution in [1.82, 2.24) is 25.9 Å². The first-order valence-electron chi connectivity index (χ1n) is 11.7. The molecular formula is C24H34N6O6S. The van der Waals surface area contributed by atoms with Gasteiger partial charge in [-0.2, -0.15) is 11.8 Å². The van der Waals surface area contributed by atoms with E-state index in [0.29, 0.717) is 11.4 Å². The number of H-pyrrole nitrogens is 1. The number of carbonyl (C=O) groups excluding carboxylic acids is 3. The molecular weight excluding hydrogens is 500 g/mol. The molecule has 5 unspecified atom stereocenters. The van der Waals surface area contributed by atoms with Gasteiger partial charge in [0, 0.05) is 24.7 Å². The molecule has 0 saturated carbocycles. The number of carboxylic acids is 1. The number of hydrogen-bond donors (Lipinski definition) is 7.